The van der Waals surface area contributed by atoms with E-state index in [9.17, 15) is 22.4 Å². The first-order valence-electron chi connectivity index (χ1n) is 9.40. The van der Waals surface area contributed by atoms with Crippen molar-refractivity contribution in [2.45, 2.75) is 18.7 Å². The lowest BCUT2D eigenvalue weighted by Gasteiger charge is -2.30. The fourth-order valence-corrected chi connectivity index (χ4v) is 3.96. The molecule has 1 aliphatic carbocycles. The van der Waals surface area contributed by atoms with Crippen molar-refractivity contribution in [3.8, 4) is 11.5 Å². The predicted octanol–water partition coefficient (Wildman–Crippen LogP) is 4.09. The molecule has 1 fully saturated rings. The third-order valence-corrected chi connectivity index (χ3v) is 5.34. The maximum atomic E-state index is 14.5. The molecule has 0 saturated carbocycles. The first kappa shape index (κ1) is 20.5. The number of halogens is 4. The van der Waals surface area contributed by atoms with Crippen molar-refractivity contribution in [2.24, 2.45) is 0 Å². The van der Waals surface area contributed by atoms with E-state index in [0.717, 1.165) is 17.3 Å². The van der Waals surface area contributed by atoms with Crippen LogP contribution in [0.4, 0.5) is 23.2 Å². The van der Waals surface area contributed by atoms with Gasteiger partial charge >= 0.3 is 6.36 Å². The normalized spacial score (nSPS) is 19.0. The number of anilines is 1. The Bertz CT molecular complexity index is 970. The van der Waals surface area contributed by atoms with Gasteiger partial charge in [0, 0.05) is 24.7 Å². The number of alkyl halides is 3. The fraction of sp³-hybridized carbons (Fsp3) is 0.381. The molecule has 2 aromatic carbocycles. The number of methoxy groups -OCH3 is 1. The summed E-state index contributed by atoms with van der Waals surface area (Å²) in [6.45, 7) is 2.53. The average molecular weight is 425 g/mol. The van der Waals surface area contributed by atoms with Gasteiger partial charge in [0.15, 0.2) is 5.78 Å². The first-order chi connectivity index (χ1) is 14.3. The van der Waals surface area contributed by atoms with E-state index in [1.54, 1.807) is 6.07 Å². The van der Waals surface area contributed by atoms with Gasteiger partial charge in [0.2, 0.25) is 0 Å². The van der Waals surface area contributed by atoms with Crippen LogP contribution in [-0.2, 0) is 11.2 Å². The Morgan fingerprint density at radius 1 is 1.13 bits per heavy atom. The maximum absolute atomic E-state index is 14.5. The Labute approximate surface area is 170 Å². The Morgan fingerprint density at radius 2 is 1.87 bits per heavy atom. The number of carbonyl (C=O) groups is 1. The van der Waals surface area contributed by atoms with Crippen molar-refractivity contribution in [1.29, 1.82) is 0 Å². The van der Waals surface area contributed by atoms with Gasteiger partial charge in [-0.15, -0.1) is 13.2 Å². The third kappa shape index (κ3) is 3.94. The summed E-state index contributed by atoms with van der Waals surface area (Å²) in [6, 6.07) is 6.36. The highest BCUT2D eigenvalue weighted by atomic mass is 19.4. The number of benzene rings is 2. The number of Topliss-reactive ketones (excluding diaryl/α,β-unsaturated/α-hetero) is 1. The van der Waals surface area contributed by atoms with Crippen LogP contribution < -0.4 is 14.4 Å². The molecule has 9 heteroatoms. The topological polar surface area (TPSA) is 48.0 Å². The van der Waals surface area contributed by atoms with E-state index in [2.05, 4.69) is 9.64 Å². The maximum Gasteiger partial charge on any atom is 0.573 e. The summed E-state index contributed by atoms with van der Waals surface area (Å²) in [6.07, 6.45) is -4.66. The van der Waals surface area contributed by atoms with E-state index in [1.165, 1.54) is 13.2 Å². The van der Waals surface area contributed by atoms with Gasteiger partial charge in [-0.2, -0.15) is 0 Å². The standard InChI is InChI=1S/C21H19F4NO4/c1-28-19-11-15-12(9-18(19)26-4-6-29-7-5-26)8-16(20(15)27)14-3-2-13(10-17(14)22)30-21(23,24)25/h2-3,9-11,16H,4-8H2,1H3. The number of rotatable bonds is 4. The predicted molar refractivity (Wildman–Crippen MR) is 99.9 cm³/mol. The molecule has 1 aliphatic heterocycles. The SMILES string of the molecule is COc1cc2c(cc1N1CCOCC1)CC(c1ccc(OC(F)(F)F)cc1F)C2=O. The van der Waals surface area contributed by atoms with Crippen molar-refractivity contribution in [2.75, 3.05) is 38.3 Å². The molecule has 0 spiro atoms. The minimum atomic E-state index is -4.92. The highest BCUT2D eigenvalue weighted by Crippen LogP contribution is 2.41. The zero-order valence-electron chi connectivity index (χ0n) is 16.1. The lowest BCUT2D eigenvalue weighted by Crippen LogP contribution is -2.36. The first-order valence-corrected chi connectivity index (χ1v) is 9.40. The van der Waals surface area contributed by atoms with Gasteiger partial charge < -0.3 is 19.1 Å². The Balaban J connectivity index is 1.63. The molecule has 0 aromatic heterocycles. The Kier molecular flexibility index (Phi) is 5.31. The van der Waals surface area contributed by atoms with Gasteiger partial charge in [-0.25, -0.2) is 4.39 Å². The van der Waals surface area contributed by atoms with E-state index >= 15 is 0 Å². The second-order valence-corrected chi connectivity index (χ2v) is 7.13. The molecule has 1 heterocycles. The summed E-state index contributed by atoms with van der Waals surface area (Å²) >= 11 is 0. The summed E-state index contributed by atoms with van der Waals surface area (Å²) in [5, 5.41) is 0. The van der Waals surface area contributed by atoms with Gasteiger partial charge in [0.1, 0.15) is 17.3 Å². The second kappa shape index (κ2) is 7.79. The van der Waals surface area contributed by atoms with Gasteiger partial charge in [-0.05, 0) is 35.7 Å². The van der Waals surface area contributed by atoms with E-state index in [4.69, 9.17) is 9.47 Å². The third-order valence-electron chi connectivity index (χ3n) is 5.34. The van der Waals surface area contributed by atoms with Crippen LogP contribution in [0.5, 0.6) is 11.5 Å². The largest absolute Gasteiger partial charge is 0.573 e. The highest BCUT2D eigenvalue weighted by molar-refractivity contribution is 6.06. The zero-order valence-corrected chi connectivity index (χ0v) is 16.1. The van der Waals surface area contributed by atoms with Crippen LogP contribution in [0.25, 0.3) is 0 Å². The number of carbonyl (C=O) groups excluding carboxylic acids is 1. The van der Waals surface area contributed by atoms with Gasteiger partial charge in [-0.1, -0.05) is 6.07 Å². The van der Waals surface area contributed by atoms with Crippen molar-refractivity contribution >= 4 is 11.5 Å². The fourth-order valence-electron chi connectivity index (χ4n) is 3.96. The smallest absolute Gasteiger partial charge is 0.495 e. The molecule has 4 rings (SSSR count). The van der Waals surface area contributed by atoms with Crippen LogP contribution in [0.1, 0.15) is 27.4 Å². The average Bonchev–Trinajstić information content (AvgIpc) is 3.02. The van der Waals surface area contributed by atoms with Crippen molar-refractivity contribution in [1.82, 2.24) is 0 Å². The van der Waals surface area contributed by atoms with E-state index in [-0.39, 0.29) is 17.8 Å². The van der Waals surface area contributed by atoms with E-state index in [0.29, 0.717) is 43.7 Å². The Hall–Kier alpha value is -2.81. The van der Waals surface area contributed by atoms with Crippen LogP contribution >= 0.6 is 0 Å². The quantitative estimate of drug-likeness (QED) is 0.691. The van der Waals surface area contributed by atoms with Crippen LogP contribution in [0, 0.1) is 5.82 Å². The molecule has 0 amide bonds. The highest BCUT2D eigenvalue weighted by Gasteiger charge is 2.36. The molecule has 30 heavy (non-hydrogen) atoms. The van der Waals surface area contributed by atoms with Gasteiger partial charge in [-0.3, -0.25) is 4.79 Å². The summed E-state index contributed by atoms with van der Waals surface area (Å²) < 4.78 is 66.2. The number of ketones is 1. The lowest BCUT2D eigenvalue weighted by atomic mass is 9.94. The molecule has 1 unspecified atom stereocenters. The van der Waals surface area contributed by atoms with Crippen molar-refractivity contribution in [3.05, 3.63) is 52.8 Å². The molecule has 2 aromatic rings. The molecule has 0 radical (unpaired) electrons. The molecule has 1 saturated heterocycles. The summed E-state index contributed by atoms with van der Waals surface area (Å²) in [7, 11) is 1.52. The number of fused-ring (bicyclic) bond motifs is 1. The summed E-state index contributed by atoms with van der Waals surface area (Å²) in [4.78, 5) is 15.1. The van der Waals surface area contributed by atoms with E-state index < -0.39 is 23.8 Å². The minimum absolute atomic E-state index is 0.0395. The van der Waals surface area contributed by atoms with Crippen LogP contribution in [0.2, 0.25) is 0 Å². The molecule has 1 atom stereocenters. The van der Waals surface area contributed by atoms with Crippen molar-refractivity contribution < 1.29 is 36.6 Å². The summed E-state index contributed by atoms with van der Waals surface area (Å²) in [5.74, 6) is -2.14. The monoisotopic (exact) mass is 425 g/mol. The number of hydrogen-bond donors (Lipinski definition) is 0. The lowest BCUT2D eigenvalue weighted by molar-refractivity contribution is -0.274. The summed E-state index contributed by atoms with van der Waals surface area (Å²) in [5.41, 5.74) is 2.06. The second-order valence-electron chi connectivity index (χ2n) is 7.13. The number of ether oxygens (including phenoxy) is 3. The number of nitrogens with zero attached hydrogens (tertiary/aromatic N) is 1. The van der Waals surface area contributed by atoms with Gasteiger partial charge in [0.25, 0.3) is 0 Å². The molecule has 160 valence electrons. The molecule has 2 aliphatic rings. The molecule has 5 nitrogen and oxygen atoms in total. The molecular weight excluding hydrogens is 406 g/mol. The van der Waals surface area contributed by atoms with Gasteiger partial charge in [0.05, 0.1) is 31.9 Å². The van der Waals surface area contributed by atoms with Crippen LogP contribution in [0.3, 0.4) is 0 Å². The van der Waals surface area contributed by atoms with Crippen LogP contribution in [0.15, 0.2) is 30.3 Å². The molecule has 0 bridgehead atoms. The van der Waals surface area contributed by atoms with Crippen LogP contribution in [-0.4, -0.2) is 45.6 Å². The van der Waals surface area contributed by atoms with E-state index in [1.807, 2.05) is 6.07 Å². The Morgan fingerprint density at radius 3 is 2.50 bits per heavy atom. The minimum Gasteiger partial charge on any atom is -0.495 e. The molecular formula is C21H19F4NO4. The number of morpholine rings is 1. The molecule has 0 N–H and O–H groups in total. The van der Waals surface area contributed by atoms with Crippen molar-refractivity contribution in [3.63, 3.8) is 0 Å². The zero-order chi connectivity index (χ0) is 21.5. The number of hydrogen-bond acceptors (Lipinski definition) is 5.